The molecule has 1 aromatic carbocycles. The van der Waals surface area contributed by atoms with Crippen molar-refractivity contribution in [3.63, 3.8) is 0 Å². The van der Waals surface area contributed by atoms with Crippen LogP contribution in [-0.4, -0.2) is 15.9 Å². The van der Waals surface area contributed by atoms with Crippen LogP contribution in [0.2, 0.25) is 0 Å². The molecule has 0 unspecified atom stereocenters. The fraction of sp³-hybridized carbons (Fsp3) is 0.222. The fourth-order valence-corrected chi connectivity index (χ4v) is 1.77. The van der Waals surface area contributed by atoms with E-state index in [1.165, 1.54) is 0 Å². The van der Waals surface area contributed by atoms with E-state index in [-0.39, 0.29) is 4.83 Å². The normalized spacial score (nSPS) is 14.9. The van der Waals surface area contributed by atoms with Gasteiger partial charge < -0.3 is 5.11 Å². The first-order valence-corrected chi connectivity index (χ1v) is 5.52. The van der Waals surface area contributed by atoms with Crippen LogP contribution in [0.4, 0.5) is 0 Å². The Morgan fingerprint density at radius 2 is 1.77 bits per heavy atom. The number of hydrogen-bond donors (Lipinski definition) is 1. The molecule has 2 nitrogen and oxygen atoms in total. The van der Waals surface area contributed by atoms with Gasteiger partial charge >= 0.3 is 5.97 Å². The molecule has 13 heavy (non-hydrogen) atoms. The van der Waals surface area contributed by atoms with Gasteiger partial charge in [0.25, 0.3) is 0 Å². The molecule has 0 saturated carbocycles. The summed E-state index contributed by atoms with van der Waals surface area (Å²) in [6.45, 7) is 0. The zero-order valence-corrected chi connectivity index (χ0v) is 9.82. The van der Waals surface area contributed by atoms with Crippen LogP contribution in [0.15, 0.2) is 30.3 Å². The molecular formula is C9H8Br2O2. The molecule has 0 aliphatic carbocycles. The lowest BCUT2D eigenvalue weighted by molar-refractivity contribution is -0.136. The van der Waals surface area contributed by atoms with Crippen LogP contribution in [0.3, 0.4) is 0 Å². The van der Waals surface area contributed by atoms with Gasteiger partial charge in [0, 0.05) is 0 Å². The minimum atomic E-state index is -0.870. The van der Waals surface area contributed by atoms with Crippen LogP contribution in [0.5, 0.6) is 0 Å². The van der Waals surface area contributed by atoms with E-state index in [1.54, 1.807) is 0 Å². The number of halogens is 2. The Balaban J connectivity index is 2.79. The van der Waals surface area contributed by atoms with Crippen molar-refractivity contribution in [3.05, 3.63) is 35.9 Å². The molecule has 1 N–H and O–H groups in total. The highest BCUT2D eigenvalue weighted by atomic mass is 79.9. The zero-order chi connectivity index (χ0) is 9.84. The Morgan fingerprint density at radius 1 is 1.23 bits per heavy atom. The summed E-state index contributed by atoms with van der Waals surface area (Å²) in [5.41, 5.74) is 0.951. The average molecular weight is 308 g/mol. The highest BCUT2D eigenvalue weighted by molar-refractivity contribution is 9.12. The van der Waals surface area contributed by atoms with Crippen molar-refractivity contribution in [2.45, 2.75) is 9.65 Å². The van der Waals surface area contributed by atoms with E-state index in [9.17, 15) is 4.79 Å². The molecule has 1 aromatic rings. The van der Waals surface area contributed by atoms with E-state index in [1.807, 2.05) is 30.3 Å². The van der Waals surface area contributed by atoms with E-state index in [0.29, 0.717) is 0 Å². The molecular weight excluding hydrogens is 300 g/mol. The predicted octanol–water partition coefficient (Wildman–Crippen LogP) is 2.97. The summed E-state index contributed by atoms with van der Waals surface area (Å²) in [6, 6.07) is 9.43. The van der Waals surface area contributed by atoms with Gasteiger partial charge in [-0.2, -0.15) is 0 Å². The Hall–Kier alpha value is -0.350. The summed E-state index contributed by atoms with van der Waals surface area (Å²) >= 11 is 6.42. The third-order valence-electron chi connectivity index (χ3n) is 1.61. The van der Waals surface area contributed by atoms with Gasteiger partial charge in [-0.05, 0) is 5.56 Å². The second kappa shape index (κ2) is 4.77. The van der Waals surface area contributed by atoms with Crippen LogP contribution in [0, 0.1) is 0 Å². The monoisotopic (exact) mass is 306 g/mol. The molecule has 0 aromatic heterocycles. The van der Waals surface area contributed by atoms with Gasteiger partial charge in [-0.3, -0.25) is 4.79 Å². The summed E-state index contributed by atoms with van der Waals surface area (Å²) in [5, 5.41) is 8.74. The van der Waals surface area contributed by atoms with Crippen molar-refractivity contribution >= 4 is 37.8 Å². The number of benzene rings is 1. The molecule has 4 heteroatoms. The summed E-state index contributed by atoms with van der Waals surface area (Å²) in [6.07, 6.45) is 0. The van der Waals surface area contributed by atoms with Gasteiger partial charge in [-0.25, -0.2) is 0 Å². The third kappa shape index (κ3) is 2.81. The van der Waals surface area contributed by atoms with E-state index in [2.05, 4.69) is 31.9 Å². The molecule has 0 bridgehead atoms. The van der Waals surface area contributed by atoms with E-state index < -0.39 is 10.8 Å². The third-order valence-corrected chi connectivity index (χ3v) is 4.30. The second-order valence-corrected chi connectivity index (χ2v) is 4.53. The first kappa shape index (κ1) is 10.7. The molecule has 0 spiro atoms. The molecule has 0 heterocycles. The summed E-state index contributed by atoms with van der Waals surface area (Å²) < 4.78 is 0. The average Bonchev–Trinajstić information content (AvgIpc) is 2.17. The maximum atomic E-state index is 10.6. The quantitative estimate of drug-likeness (QED) is 0.872. The Kier molecular flexibility index (Phi) is 3.93. The summed E-state index contributed by atoms with van der Waals surface area (Å²) in [4.78, 5) is 9.83. The van der Waals surface area contributed by atoms with Crippen molar-refractivity contribution in [2.75, 3.05) is 0 Å². The van der Waals surface area contributed by atoms with Crippen LogP contribution in [0.1, 0.15) is 10.4 Å². The SMILES string of the molecule is O=C(O)[C@@H](Br)[C@H](Br)c1ccccc1. The lowest BCUT2D eigenvalue weighted by Gasteiger charge is -2.12. The van der Waals surface area contributed by atoms with Crippen molar-refractivity contribution in [2.24, 2.45) is 0 Å². The van der Waals surface area contributed by atoms with Crippen LogP contribution in [-0.2, 0) is 4.79 Å². The molecule has 0 saturated heterocycles. The maximum absolute atomic E-state index is 10.6. The topological polar surface area (TPSA) is 37.3 Å². The standard InChI is InChI=1S/C9H8Br2O2/c10-7(8(11)9(12)13)6-4-2-1-3-5-6/h1-5,7-8H,(H,12,13)/t7-,8+/m1/s1. The van der Waals surface area contributed by atoms with Crippen molar-refractivity contribution < 1.29 is 9.90 Å². The lowest BCUT2D eigenvalue weighted by Crippen LogP contribution is -2.17. The van der Waals surface area contributed by atoms with Gasteiger partial charge in [-0.15, -0.1) is 0 Å². The Labute approximate surface area is 93.2 Å². The highest BCUT2D eigenvalue weighted by Gasteiger charge is 2.23. The van der Waals surface area contributed by atoms with Crippen LogP contribution < -0.4 is 0 Å². The number of carboxylic acids is 1. The van der Waals surface area contributed by atoms with Gasteiger partial charge in [0.05, 0.1) is 4.83 Å². The van der Waals surface area contributed by atoms with Gasteiger partial charge in [0.1, 0.15) is 4.83 Å². The number of aliphatic carboxylic acids is 1. The first-order chi connectivity index (χ1) is 6.13. The van der Waals surface area contributed by atoms with E-state index in [4.69, 9.17) is 5.11 Å². The van der Waals surface area contributed by atoms with Gasteiger partial charge in [0.15, 0.2) is 0 Å². The number of alkyl halides is 2. The smallest absolute Gasteiger partial charge is 0.318 e. The molecule has 1 rings (SSSR count). The number of rotatable bonds is 3. The molecule has 0 aliphatic heterocycles. The van der Waals surface area contributed by atoms with E-state index in [0.717, 1.165) is 5.56 Å². The molecule has 70 valence electrons. The molecule has 0 fully saturated rings. The first-order valence-electron chi connectivity index (χ1n) is 3.69. The minimum absolute atomic E-state index is 0.203. The largest absolute Gasteiger partial charge is 0.480 e. The van der Waals surface area contributed by atoms with Crippen LogP contribution >= 0.6 is 31.9 Å². The maximum Gasteiger partial charge on any atom is 0.318 e. The Morgan fingerprint density at radius 3 is 2.23 bits per heavy atom. The summed E-state index contributed by atoms with van der Waals surface area (Å²) in [7, 11) is 0. The van der Waals surface area contributed by atoms with Crippen LogP contribution in [0.25, 0.3) is 0 Å². The molecule has 0 aliphatic rings. The number of carbonyl (C=O) groups is 1. The zero-order valence-electron chi connectivity index (χ0n) is 6.65. The number of hydrogen-bond acceptors (Lipinski definition) is 1. The highest BCUT2D eigenvalue weighted by Crippen LogP contribution is 2.30. The lowest BCUT2D eigenvalue weighted by atomic mass is 10.1. The molecule has 2 atom stereocenters. The van der Waals surface area contributed by atoms with Crippen molar-refractivity contribution in [1.29, 1.82) is 0 Å². The number of carboxylic acid groups (broad SMARTS) is 1. The van der Waals surface area contributed by atoms with E-state index >= 15 is 0 Å². The second-order valence-electron chi connectivity index (χ2n) is 2.55. The van der Waals surface area contributed by atoms with Gasteiger partial charge in [0.2, 0.25) is 0 Å². The molecule has 0 radical (unpaired) electrons. The summed E-state index contributed by atoms with van der Waals surface area (Å²) in [5.74, 6) is -0.870. The Bertz CT molecular complexity index is 287. The molecule has 0 amide bonds. The van der Waals surface area contributed by atoms with Gasteiger partial charge in [-0.1, -0.05) is 62.2 Å². The minimum Gasteiger partial charge on any atom is -0.480 e. The van der Waals surface area contributed by atoms with Crippen molar-refractivity contribution in [1.82, 2.24) is 0 Å². The fourth-order valence-electron chi connectivity index (χ4n) is 0.931. The predicted molar refractivity (Wildman–Crippen MR) is 58.5 cm³/mol. The van der Waals surface area contributed by atoms with Crippen molar-refractivity contribution in [3.8, 4) is 0 Å².